The zero-order valence-electron chi connectivity index (χ0n) is 17.4. The third-order valence-electron chi connectivity index (χ3n) is 5.91. The Morgan fingerprint density at radius 1 is 0.867 bits per heavy atom. The van der Waals surface area contributed by atoms with Gasteiger partial charge in [-0.05, 0) is 48.2 Å². The molecule has 0 bridgehead atoms. The SMILES string of the molecule is COc1cccc([C@@H]2CC(=O)C3=C(C2)NC(=O)C[C@H]3c2cc(OC)ccc2OC)c1. The number of allylic oxidation sites excluding steroid dienone is 2. The normalized spacial score (nSPS) is 21.0. The third kappa shape index (κ3) is 3.65. The third-order valence-corrected chi connectivity index (χ3v) is 5.91. The van der Waals surface area contributed by atoms with Crippen molar-refractivity contribution in [2.45, 2.75) is 31.1 Å². The molecule has 4 rings (SSSR count). The summed E-state index contributed by atoms with van der Waals surface area (Å²) in [6, 6.07) is 13.2. The molecule has 1 amide bonds. The summed E-state index contributed by atoms with van der Waals surface area (Å²) in [5.74, 6) is 1.67. The molecule has 2 atom stereocenters. The van der Waals surface area contributed by atoms with E-state index in [2.05, 4.69) is 5.32 Å². The number of rotatable bonds is 5. The van der Waals surface area contributed by atoms with Gasteiger partial charge in [-0.25, -0.2) is 0 Å². The first-order valence-corrected chi connectivity index (χ1v) is 9.96. The van der Waals surface area contributed by atoms with Crippen LogP contribution >= 0.6 is 0 Å². The lowest BCUT2D eigenvalue weighted by Gasteiger charge is -2.35. The van der Waals surface area contributed by atoms with Gasteiger partial charge in [-0.1, -0.05) is 12.1 Å². The van der Waals surface area contributed by atoms with Crippen LogP contribution < -0.4 is 19.5 Å². The number of hydrogen-bond donors (Lipinski definition) is 1. The van der Waals surface area contributed by atoms with Crippen LogP contribution in [-0.4, -0.2) is 33.0 Å². The number of ether oxygens (including phenoxy) is 3. The van der Waals surface area contributed by atoms with Gasteiger partial charge < -0.3 is 19.5 Å². The molecule has 6 nitrogen and oxygen atoms in total. The van der Waals surface area contributed by atoms with Gasteiger partial charge in [0.15, 0.2) is 5.78 Å². The molecule has 30 heavy (non-hydrogen) atoms. The van der Waals surface area contributed by atoms with E-state index in [0.29, 0.717) is 35.6 Å². The van der Waals surface area contributed by atoms with Gasteiger partial charge in [0.1, 0.15) is 17.2 Å². The minimum Gasteiger partial charge on any atom is -0.497 e. The van der Waals surface area contributed by atoms with Crippen molar-refractivity contribution >= 4 is 11.7 Å². The van der Waals surface area contributed by atoms with E-state index >= 15 is 0 Å². The van der Waals surface area contributed by atoms with Gasteiger partial charge in [-0.3, -0.25) is 9.59 Å². The molecule has 0 unspecified atom stereocenters. The quantitative estimate of drug-likeness (QED) is 0.818. The molecule has 2 aromatic carbocycles. The van der Waals surface area contributed by atoms with Crippen molar-refractivity contribution < 1.29 is 23.8 Å². The molecule has 0 saturated heterocycles. The molecule has 0 fully saturated rings. The Labute approximate surface area is 175 Å². The monoisotopic (exact) mass is 407 g/mol. The number of carbonyl (C=O) groups excluding carboxylic acids is 2. The maximum atomic E-state index is 13.3. The predicted octanol–water partition coefficient (Wildman–Crippen LogP) is 3.72. The van der Waals surface area contributed by atoms with Crippen LogP contribution in [0.25, 0.3) is 0 Å². The lowest BCUT2D eigenvalue weighted by Crippen LogP contribution is -2.38. The van der Waals surface area contributed by atoms with Crippen LogP contribution in [0.1, 0.15) is 42.2 Å². The maximum Gasteiger partial charge on any atom is 0.225 e. The van der Waals surface area contributed by atoms with E-state index in [1.165, 1.54) is 0 Å². The molecular weight excluding hydrogens is 382 g/mol. The fraction of sp³-hybridized carbons (Fsp3) is 0.333. The summed E-state index contributed by atoms with van der Waals surface area (Å²) < 4.78 is 16.2. The number of amides is 1. The molecule has 0 radical (unpaired) electrons. The summed E-state index contributed by atoms with van der Waals surface area (Å²) in [6.45, 7) is 0. The fourth-order valence-corrected chi connectivity index (χ4v) is 4.47. The molecule has 0 saturated carbocycles. The lowest BCUT2D eigenvalue weighted by atomic mass is 9.73. The first-order valence-electron chi connectivity index (χ1n) is 9.96. The second-order valence-electron chi connectivity index (χ2n) is 7.61. The largest absolute Gasteiger partial charge is 0.497 e. The predicted molar refractivity (Wildman–Crippen MR) is 112 cm³/mol. The minimum absolute atomic E-state index is 0.00222. The summed E-state index contributed by atoms with van der Waals surface area (Å²) in [6.07, 6.45) is 1.20. The van der Waals surface area contributed by atoms with Crippen molar-refractivity contribution in [1.82, 2.24) is 5.32 Å². The lowest BCUT2D eigenvalue weighted by molar-refractivity contribution is -0.122. The molecule has 1 heterocycles. The molecule has 6 heteroatoms. The zero-order valence-corrected chi connectivity index (χ0v) is 17.4. The van der Waals surface area contributed by atoms with Crippen LogP contribution in [0, 0.1) is 0 Å². The van der Waals surface area contributed by atoms with Crippen molar-refractivity contribution in [2.24, 2.45) is 0 Å². The van der Waals surface area contributed by atoms with E-state index < -0.39 is 0 Å². The highest BCUT2D eigenvalue weighted by Gasteiger charge is 2.39. The van der Waals surface area contributed by atoms with Gasteiger partial charge in [0.05, 0.1) is 21.3 Å². The van der Waals surface area contributed by atoms with Crippen molar-refractivity contribution in [3.05, 3.63) is 64.9 Å². The molecule has 156 valence electrons. The number of nitrogens with one attached hydrogen (secondary N) is 1. The maximum absolute atomic E-state index is 13.3. The average molecular weight is 407 g/mol. The zero-order chi connectivity index (χ0) is 21.3. The van der Waals surface area contributed by atoms with E-state index in [4.69, 9.17) is 14.2 Å². The second-order valence-corrected chi connectivity index (χ2v) is 7.61. The molecule has 1 aliphatic heterocycles. The summed E-state index contributed by atoms with van der Waals surface area (Å²) in [5.41, 5.74) is 3.22. The van der Waals surface area contributed by atoms with Crippen molar-refractivity contribution in [2.75, 3.05) is 21.3 Å². The van der Waals surface area contributed by atoms with Gasteiger partial charge in [-0.2, -0.15) is 0 Å². The Balaban J connectivity index is 1.74. The standard InChI is InChI=1S/C24H25NO5/c1-28-16-6-4-5-14(9-16)15-10-20-24(21(26)11-15)19(13-23(27)25-20)18-12-17(29-2)7-8-22(18)30-3/h4-9,12,15,19H,10-11,13H2,1-3H3,(H,25,27)/t15-,19-/m0/s1. The average Bonchev–Trinajstić information content (AvgIpc) is 2.77. The van der Waals surface area contributed by atoms with E-state index in [9.17, 15) is 9.59 Å². The van der Waals surface area contributed by atoms with Gasteiger partial charge in [0.25, 0.3) is 0 Å². The smallest absolute Gasteiger partial charge is 0.225 e. The number of benzene rings is 2. The van der Waals surface area contributed by atoms with Crippen LogP contribution in [-0.2, 0) is 9.59 Å². The van der Waals surface area contributed by atoms with Crippen molar-refractivity contribution in [3.8, 4) is 17.2 Å². The molecule has 2 aromatic rings. The Bertz CT molecular complexity index is 1030. The highest BCUT2D eigenvalue weighted by atomic mass is 16.5. The Morgan fingerprint density at radius 2 is 1.63 bits per heavy atom. The molecule has 0 aromatic heterocycles. The van der Waals surface area contributed by atoms with Gasteiger partial charge in [0, 0.05) is 35.6 Å². The topological polar surface area (TPSA) is 73.9 Å². The summed E-state index contributed by atoms with van der Waals surface area (Å²) in [4.78, 5) is 25.9. The summed E-state index contributed by atoms with van der Waals surface area (Å²) in [7, 11) is 4.80. The number of hydrogen-bond acceptors (Lipinski definition) is 5. The summed E-state index contributed by atoms with van der Waals surface area (Å²) in [5, 5.41) is 2.96. The van der Waals surface area contributed by atoms with Crippen LogP contribution in [0.2, 0.25) is 0 Å². The number of carbonyl (C=O) groups is 2. The van der Waals surface area contributed by atoms with Crippen LogP contribution in [0.3, 0.4) is 0 Å². The Hall–Kier alpha value is -3.28. The van der Waals surface area contributed by atoms with Crippen molar-refractivity contribution in [1.29, 1.82) is 0 Å². The highest BCUT2D eigenvalue weighted by molar-refractivity contribution is 6.02. The number of ketones is 1. The molecule has 0 spiro atoms. The second kappa shape index (κ2) is 8.22. The molecule has 2 aliphatic rings. The van der Waals surface area contributed by atoms with E-state index in [1.54, 1.807) is 21.3 Å². The molecular formula is C24H25NO5. The molecule has 1 aliphatic carbocycles. The fourth-order valence-electron chi connectivity index (χ4n) is 4.47. The van der Waals surface area contributed by atoms with Gasteiger partial charge >= 0.3 is 0 Å². The van der Waals surface area contributed by atoms with Gasteiger partial charge in [0.2, 0.25) is 5.91 Å². The van der Waals surface area contributed by atoms with E-state index in [1.807, 2.05) is 42.5 Å². The summed E-state index contributed by atoms with van der Waals surface area (Å²) >= 11 is 0. The van der Waals surface area contributed by atoms with Gasteiger partial charge in [-0.15, -0.1) is 0 Å². The highest BCUT2D eigenvalue weighted by Crippen LogP contribution is 2.45. The Kier molecular flexibility index (Phi) is 5.48. The van der Waals surface area contributed by atoms with Crippen LogP contribution in [0.4, 0.5) is 0 Å². The molecule has 1 N–H and O–H groups in total. The van der Waals surface area contributed by atoms with Crippen LogP contribution in [0.15, 0.2) is 53.7 Å². The van der Waals surface area contributed by atoms with E-state index in [-0.39, 0.29) is 29.9 Å². The first kappa shape index (κ1) is 20.0. The van der Waals surface area contributed by atoms with Crippen molar-refractivity contribution in [3.63, 3.8) is 0 Å². The number of methoxy groups -OCH3 is 3. The van der Waals surface area contributed by atoms with Crippen LogP contribution in [0.5, 0.6) is 17.2 Å². The number of Topliss-reactive ketones (excluding diaryl/α,β-unsaturated/α-hetero) is 1. The van der Waals surface area contributed by atoms with E-state index in [0.717, 1.165) is 16.9 Å². The first-order chi connectivity index (χ1) is 14.5. The minimum atomic E-state index is -0.349. The Morgan fingerprint density at radius 3 is 2.37 bits per heavy atom.